The van der Waals surface area contributed by atoms with Gasteiger partial charge in [-0.2, -0.15) is 0 Å². The van der Waals surface area contributed by atoms with Crippen LogP contribution in [-0.4, -0.2) is 6.54 Å². The molecule has 0 radical (unpaired) electrons. The molecular formula is C5H11NP+. The van der Waals surface area contributed by atoms with Gasteiger partial charge in [-0.15, -0.1) is 0 Å². The molecule has 2 N–H and O–H groups in total. The van der Waals surface area contributed by atoms with Gasteiger partial charge in [0, 0.05) is 0 Å². The topological polar surface area (TPSA) is 16.6 Å². The van der Waals surface area contributed by atoms with Crippen molar-refractivity contribution in [3.63, 3.8) is 0 Å². The molecule has 0 bridgehead atoms. The van der Waals surface area contributed by atoms with E-state index < -0.39 is 0 Å². The average molecular weight is 116 g/mol. The Morgan fingerprint density at radius 1 is 1.71 bits per heavy atom. The number of hydrogen-bond acceptors (Lipinski definition) is 0. The van der Waals surface area contributed by atoms with Crippen LogP contribution >= 0.6 is 8.70 Å². The Hall–Kier alpha value is 0.170. The summed E-state index contributed by atoms with van der Waals surface area (Å²) < 4.78 is 0. The molecular weight excluding hydrogens is 105 g/mol. The molecule has 0 aromatic heterocycles. The fourth-order valence-corrected chi connectivity index (χ4v) is 0.500. The van der Waals surface area contributed by atoms with E-state index in [-0.39, 0.29) is 0 Å². The van der Waals surface area contributed by atoms with Crippen molar-refractivity contribution in [2.75, 3.05) is 6.54 Å². The third kappa shape index (κ3) is 6.17. The normalized spacial score (nSPS) is 8.00. The van der Waals surface area contributed by atoms with Crippen molar-refractivity contribution in [1.82, 2.24) is 0 Å². The van der Waals surface area contributed by atoms with Crippen molar-refractivity contribution in [3.8, 4) is 5.75 Å². The van der Waals surface area contributed by atoms with Crippen LogP contribution in [-0.2, 0) is 0 Å². The van der Waals surface area contributed by atoms with Crippen LogP contribution in [0.15, 0.2) is 0 Å². The van der Waals surface area contributed by atoms with Gasteiger partial charge in [0.25, 0.3) is 0 Å². The van der Waals surface area contributed by atoms with E-state index in [1.54, 1.807) is 0 Å². The SMILES string of the molecule is CCCC[NH2+]C#P. The van der Waals surface area contributed by atoms with Crippen molar-refractivity contribution in [2.45, 2.75) is 19.8 Å². The molecule has 0 fully saturated rings. The molecule has 2 heteroatoms. The molecule has 0 heterocycles. The van der Waals surface area contributed by atoms with Gasteiger partial charge in [-0.05, 0) is 0 Å². The Bertz CT molecular complexity index is 65.0. The monoisotopic (exact) mass is 116 g/mol. The van der Waals surface area contributed by atoms with Crippen LogP contribution in [0, 0.1) is 5.75 Å². The summed E-state index contributed by atoms with van der Waals surface area (Å²) in [6.45, 7) is 3.30. The molecule has 40 valence electrons. The predicted molar refractivity (Wildman–Crippen MR) is 32.5 cm³/mol. The van der Waals surface area contributed by atoms with E-state index in [0.717, 1.165) is 6.54 Å². The standard InChI is InChI=1S/C5H10NP/c1-2-3-4-6-5-7/h6H,2-4H2,1H3/p+1. The Morgan fingerprint density at radius 3 is 2.86 bits per heavy atom. The molecule has 0 aliphatic heterocycles. The zero-order valence-electron chi connectivity index (χ0n) is 4.65. The first-order valence-electron chi connectivity index (χ1n) is 2.63. The molecule has 0 aromatic carbocycles. The van der Waals surface area contributed by atoms with E-state index in [1.807, 2.05) is 5.32 Å². The molecule has 1 nitrogen and oxygen atoms in total. The molecule has 7 heavy (non-hydrogen) atoms. The Balaban J connectivity index is 2.60. The van der Waals surface area contributed by atoms with Crippen LogP contribution < -0.4 is 5.32 Å². The number of quaternary nitrogens is 1. The zero-order chi connectivity index (χ0) is 5.54. The molecule has 0 saturated carbocycles. The summed E-state index contributed by atoms with van der Waals surface area (Å²) in [6, 6.07) is 0. The Labute approximate surface area is 47.0 Å². The van der Waals surface area contributed by atoms with E-state index in [2.05, 4.69) is 21.4 Å². The summed E-state index contributed by atoms with van der Waals surface area (Å²) in [7, 11) is 3.79. The molecule has 0 saturated heterocycles. The molecule has 0 atom stereocenters. The quantitative estimate of drug-likeness (QED) is 0.412. The van der Waals surface area contributed by atoms with Gasteiger partial charge < -0.3 is 0 Å². The Kier molecular flexibility index (Phi) is 6.32. The van der Waals surface area contributed by atoms with Crippen LogP contribution in [0.4, 0.5) is 0 Å². The number of rotatable bonds is 3. The van der Waals surface area contributed by atoms with E-state index in [1.165, 1.54) is 12.8 Å². The van der Waals surface area contributed by atoms with Gasteiger partial charge in [-0.1, -0.05) is 0 Å². The van der Waals surface area contributed by atoms with Gasteiger partial charge in [0.2, 0.25) is 0 Å². The number of unbranched alkanes of at least 4 members (excludes halogenated alkanes) is 1. The molecule has 0 aromatic rings. The van der Waals surface area contributed by atoms with Gasteiger partial charge in [-0.25, -0.2) is 0 Å². The van der Waals surface area contributed by atoms with Crippen LogP contribution in [0.1, 0.15) is 19.8 Å². The summed E-state index contributed by atoms with van der Waals surface area (Å²) in [4.78, 5) is 0. The summed E-state index contributed by atoms with van der Waals surface area (Å²) >= 11 is 0. The Morgan fingerprint density at radius 2 is 2.43 bits per heavy atom. The molecule has 0 unspecified atom stereocenters. The van der Waals surface area contributed by atoms with Gasteiger partial charge in [-0.3, -0.25) is 0 Å². The fourth-order valence-electron chi connectivity index (χ4n) is 0.371. The van der Waals surface area contributed by atoms with E-state index >= 15 is 0 Å². The van der Waals surface area contributed by atoms with Crippen LogP contribution in [0.3, 0.4) is 0 Å². The first-order chi connectivity index (χ1) is 3.41. The van der Waals surface area contributed by atoms with Gasteiger partial charge in [0.15, 0.2) is 0 Å². The first-order valence-corrected chi connectivity index (χ1v) is 3.07. The summed E-state index contributed by atoms with van der Waals surface area (Å²) in [5.41, 5.74) is 0. The van der Waals surface area contributed by atoms with E-state index in [9.17, 15) is 0 Å². The van der Waals surface area contributed by atoms with Gasteiger partial charge in [0.1, 0.15) is 0 Å². The van der Waals surface area contributed by atoms with Crippen LogP contribution in [0.5, 0.6) is 0 Å². The minimum absolute atomic E-state index is 1.12. The van der Waals surface area contributed by atoms with Crippen molar-refractivity contribution in [3.05, 3.63) is 0 Å². The summed E-state index contributed by atoms with van der Waals surface area (Å²) in [5, 5.41) is 1.95. The fraction of sp³-hybridized carbons (Fsp3) is 0.800. The van der Waals surface area contributed by atoms with Crippen molar-refractivity contribution >= 4 is 8.70 Å². The third-order valence-corrected chi connectivity index (χ3v) is 0.976. The van der Waals surface area contributed by atoms with Gasteiger partial charge >= 0.3 is 46.1 Å². The van der Waals surface area contributed by atoms with Crippen LogP contribution in [0.2, 0.25) is 0 Å². The van der Waals surface area contributed by atoms with E-state index in [0.29, 0.717) is 0 Å². The number of hydrogen-bond donors (Lipinski definition) is 1. The number of nitrogens with two attached hydrogens (primary N) is 1. The molecule has 0 aliphatic carbocycles. The second kappa shape index (κ2) is 6.17. The first kappa shape index (κ1) is 7.17. The summed E-state index contributed by atoms with van der Waals surface area (Å²) in [6.07, 6.45) is 2.51. The molecule has 0 aliphatic rings. The second-order valence-corrected chi connectivity index (χ2v) is 1.73. The second-order valence-electron chi connectivity index (χ2n) is 1.48. The molecule has 0 rings (SSSR count). The maximum atomic E-state index is 3.79. The van der Waals surface area contributed by atoms with Gasteiger partial charge in [0.05, 0.1) is 0 Å². The van der Waals surface area contributed by atoms with Crippen LogP contribution in [0.25, 0.3) is 0 Å². The zero-order valence-corrected chi connectivity index (χ0v) is 5.54. The molecule has 0 amide bonds. The third-order valence-electron chi connectivity index (χ3n) is 0.793. The average Bonchev–Trinajstić information content (AvgIpc) is 1.69. The van der Waals surface area contributed by atoms with Crippen molar-refractivity contribution in [1.29, 1.82) is 0 Å². The maximum absolute atomic E-state index is 3.79. The van der Waals surface area contributed by atoms with Crippen molar-refractivity contribution < 1.29 is 5.32 Å². The minimum atomic E-state index is 1.12. The van der Waals surface area contributed by atoms with E-state index in [4.69, 9.17) is 0 Å². The van der Waals surface area contributed by atoms with Crippen molar-refractivity contribution in [2.24, 2.45) is 0 Å². The molecule has 0 spiro atoms. The summed E-state index contributed by atoms with van der Waals surface area (Å²) in [5.74, 6) is 2.67. The predicted octanol–water partition coefficient (Wildman–Crippen LogP) is 0.677.